The smallest absolute Gasteiger partial charge is 0.290 e. The fourth-order valence-electron chi connectivity index (χ4n) is 3.02. The maximum absolute atomic E-state index is 12.6. The van der Waals surface area contributed by atoms with Crippen LogP contribution in [0.3, 0.4) is 0 Å². The molecule has 5 nitrogen and oxygen atoms in total. The molecule has 0 fully saturated rings. The molecular weight excluding hydrogens is 306 g/mol. The first-order valence-electron chi connectivity index (χ1n) is 8.45. The van der Waals surface area contributed by atoms with Crippen LogP contribution in [-0.4, -0.2) is 33.3 Å². The molecule has 1 amide bonds. The molecule has 5 heteroatoms. The lowest BCUT2D eigenvalue weighted by Crippen LogP contribution is -2.32. The van der Waals surface area contributed by atoms with E-state index in [0.717, 1.165) is 19.3 Å². The van der Waals surface area contributed by atoms with Gasteiger partial charge in [-0.15, -0.1) is 0 Å². The van der Waals surface area contributed by atoms with Crippen molar-refractivity contribution >= 4 is 11.7 Å². The number of rotatable bonds is 7. The second-order valence-electron chi connectivity index (χ2n) is 6.48. The van der Waals surface area contributed by atoms with Gasteiger partial charge in [0.25, 0.3) is 5.91 Å². The predicted molar refractivity (Wildman–Crippen MR) is 91.6 cm³/mol. The number of unbranched alkanes of at least 4 members (excludes halogenated alkanes) is 2. The number of aliphatic hydroxyl groups excluding tert-OH is 1. The Labute approximate surface area is 142 Å². The van der Waals surface area contributed by atoms with Crippen LogP contribution in [0.15, 0.2) is 35.6 Å². The zero-order chi connectivity index (χ0) is 17.9. The van der Waals surface area contributed by atoms with Crippen molar-refractivity contribution in [1.29, 1.82) is 0 Å². The van der Waals surface area contributed by atoms with Crippen molar-refractivity contribution in [1.82, 2.24) is 4.90 Å². The maximum Gasteiger partial charge on any atom is 0.290 e. The summed E-state index contributed by atoms with van der Waals surface area (Å²) in [5.74, 6) is -1.48. The second kappa shape index (κ2) is 7.51. The number of ketones is 1. The Balaban J connectivity index is 2.46. The van der Waals surface area contributed by atoms with Gasteiger partial charge in [0.05, 0.1) is 11.6 Å². The molecule has 0 aromatic heterocycles. The minimum Gasteiger partial charge on any atom is -0.508 e. The summed E-state index contributed by atoms with van der Waals surface area (Å²) in [7, 11) is 0. The molecule has 0 radical (unpaired) electrons. The third-order valence-electron chi connectivity index (χ3n) is 4.28. The van der Waals surface area contributed by atoms with Gasteiger partial charge in [-0.3, -0.25) is 9.59 Å². The SMILES string of the molecule is CCCCCN1C(=O)C(O)=C(C(=O)C(C)C)C1c1cccc(O)c1. The molecule has 24 heavy (non-hydrogen) atoms. The lowest BCUT2D eigenvalue weighted by atomic mass is 9.91. The molecule has 2 N–H and O–H groups in total. The molecule has 1 heterocycles. The van der Waals surface area contributed by atoms with E-state index in [1.165, 1.54) is 17.0 Å². The molecule has 1 aromatic carbocycles. The molecule has 130 valence electrons. The van der Waals surface area contributed by atoms with Crippen LogP contribution in [0.1, 0.15) is 51.6 Å². The molecule has 1 aromatic rings. The van der Waals surface area contributed by atoms with Gasteiger partial charge < -0.3 is 15.1 Å². The summed E-state index contributed by atoms with van der Waals surface area (Å²) in [6, 6.07) is 5.87. The first-order valence-corrected chi connectivity index (χ1v) is 8.45. The Kier molecular flexibility index (Phi) is 5.65. The standard InChI is InChI=1S/C19H25NO4/c1-4-5-6-10-20-16(13-8-7-9-14(21)11-13)15(17(22)12(2)3)18(23)19(20)24/h7-9,11-12,16,21,23H,4-6,10H2,1-3H3. The lowest BCUT2D eigenvalue weighted by molar-refractivity contribution is -0.129. The van der Waals surface area contributed by atoms with Gasteiger partial charge in [-0.25, -0.2) is 0 Å². The van der Waals surface area contributed by atoms with Gasteiger partial charge in [0.1, 0.15) is 5.75 Å². The highest BCUT2D eigenvalue weighted by atomic mass is 16.3. The molecule has 2 rings (SSSR count). The average Bonchev–Trinajstić information content (AvgIpc) is 2.79. The van der Waals surface area contributed by atoms with Crippen LogP contribution >= 0.6 is 0 Å². The quantitative estimate of drug-likeness (QED) is 0.750. The van der Waals surface area contributed by atoms with Gasteiger partial charge in [-0.1, -0.05) is 45.7 Å². The van der Waals surface area contributed by atoms with E-state index in [4.69, 9.17) is 0 Å². The normalized spacial score (nSPS) is 17.9. The zero-order valence-corrected chi connectivity index (χ0v) is 14.5. The number of aliphatic hydroxyl groups is 1. The molecule has 0 aliphatic carbocycles. The summed E-state index contributed by atoms with van der Waals surface area (Å²) in [5.41, 5.74) is 0.769. The molecule has 1 unspecified atom stereocenters. The minimum absolute atomic E-state index is 0.0659. The lowest BCUT2D eigenvalue weighted by Gasteiger charge is -2.27. The minimum atomic E-state index is -0.642. The van der Waals surface area contributed by atoms with Crippen LogP contribution in [-0.2, 0) is 9.59 Å². The van der Waals surface area contributed by atoms with E-state index >= 15 is 0 Å². The van der Waals surface area contributed by atoms with E-state index < -0.39 is 17.7 Å². The summed E-state index contributed by atoms with van der Waals surface area (Å²) in [4.78, 5) is 26.6. The number of phenols is 1. The van der Waals surface area contributed by atoms with Crippen LogP contribution in [0.4, 0.5) is 0 Å². The second-order valence-corrected chi connectivity index (χ2v) is 6.48. The molecule has 1 aliphatic heterocycles. The van der Waals surface area contributed by atoms with Gasteiger partial charge in [-0.2, -0.15) is 0 Å². The van der Waals surface area contributed by atoms with Crippen molar-refractivity contribution in [2.45, 2.75) is 46.1 Å². The number of hydrogen-bond donors (Lipinski definition) is 2. The van der Waals surface area contributed by atoms with E-state index in [1.807, 2.05) is 0 Å². The van der Waals surface area contributed by atoms with E-state index in [-0.39, 0.29) is 23.0 Å². The first-order chi connectivity index (χ1) is 11.4. The first kappa shape index (κ1) is 18.0. The molecule has 1 aliphatic rings. The maximum atomic E-state index is 12.6. The Morgan fingerprint density at radius 2 is 1.96 bits per heavy atom. The topological polar surface area (TPSA) is 77.8 Å². The molecule has 0 spiro atoms. The fraction of sp³-hybridized carbons (Fsp3) is 0.474. The van der Waals surface area contributed by atoms with Crippen molar-refractivity contribution in [3.63, 3.8) is 0 Å². The zero-order valence-electron chi connectivity index (χ0n) is 14.5. The Morgan fingerprint density at radius 1 is 1.25 bits per heavy atom. The number of carbonyl (C=O) groups excluding carboxylic acids is 2. The highest BCUT2D eigenvalue weighted by Crippen LogP contribution is 2.39. The molecule has 0 saturated heterocycles. The van der Waals surface area contributed by atoms with Gasteiger partial charge in [0.2, 0.25) is 0 Å². The van der Waals surface area contributed by atoms with Gasteiger partial charge in [-0.05, 0) is 24.1 Å². The Bertz CT molecular complexity index is 663. The predicted octanol–water partition coefficient (Wildman–Crippen LogP) is 3.50. The van der Waals surface area contributed by atoms with Crippen molar-refractivity contribution in [3.05, 3.63) is 41.2 Å². The van der Waals surface area contributed by atoms with Crippen LogP contribution in [0.25, 0.3) is 0 Å². The molecule has 0 saturated carbocycles. The molecular formula is C19H25NO4. The highest BCUT2D eigenvalue weighted by molar-refractivity contribution is 6.09. The Hall–Kier alpha value is -2.30. The van der Waals surface area contributed by atoms with E-state index in [9.17, 15) is 19.8 Å². The van der Waals surface area contributed by atoms with Gasteiger partial charge in [0, 0.05) is 12.5 Å². The van der Waals surface area contributed by atoms with E-state index in [2.05, 4.69) is 6.92 Å². The number of benzene rings is 1. The summed E-state index contributed by atoms with van der Waals surface area (Å²) >= 11 is 0. The van der Waals surface area contributed by atoms with Gasteiger partial charge in [0.15, 0.2) is 11.5 Å². The number of aromatic hydroxyl groups is 1. The Morgan fingerprint density at radius 3 is 2.54 bits per heavy atom. The molecule has 1 atom stereocenters. The molecule has 0 bridgehead atoms. The number of phenolic OH excluding ortho intramolecular Hbond substituents is 1. The summed E-state index contributed by atoms with van der Waals surface area (Å²) in [5, 5.41) is 20.1. The van der Waals surface area contributed by atoms with Crippen LogP contribution < -0.4 is 0 Å². The van der Waals surface area contributed by atoms with Crippen LogP contribution in [0.5, 0.6) is 5.75 Å². The number of hydrogen-bond acceptors (Lipinski definition) is 4. The number of amides is 1. The summed E-state index contributed by atoms with van der Waals surface area (Å²) < 4.78 is 0. The van der Waals surface area contributed by atoms with Gasteiger partial charge >= 0.3 is 0 Å². The summed E-state index contributed by atoms with van der Waals surface area (Å²) in [6.45, 7) is 6.02. The summed E-state index contributed by atoms with van der Waals surface area (Å²) in [6.07, 6.45) is 2.77. The highest BCUT2D eigenvalue weighted by Gasteiger charge is 2.43. The van der Waals surface area contributed by atoms with E-state index in [1.54, 1.807) is 26.0 Å². The van der Waals surface area contributed by atoms with Crippen molar-refractivity contribution in [2.24, 2.45) is 5.92 Å². The third kappa shape index (κ3) is 3.45. The third-order valence-corrected chi connectivity index (χ3v) is 4.28. The fourth-order valence-corrected chi connectivity index (χ4v) is 3.02. The van der Waals surface area contributed by atoms with Crippen molar-refractivity contribution in [2.75, 3.05) is 6.54 Å². The number of carbonyl (C=O) groups is 2. The number of Topliss-reactive ketones (excluding diaryl/α,β-unsaturated/α-hetero) is 1. The van der Waals surface area contributed by atoms with Crippen molar-refractivity contribution in [3.8, 4) is 5.75 Å². The largest absolute Gasteiger partial charge is 0.508 e. The van der Waals surface area contributed by atoms with Crippen LogP contribution in [0.2, 0.25) is 0 Å². The van der Waals surface area contributed by atoms with E-state index in [0.29, 0.717) is 12.1 Å². The number of nitrogens with zero attached hydrogens (tertiary/aromatic N) is 1. The monoisotopic (exact) mass is 331 g/mol. The van der Waals surface area contributed by atoms with Crippen LogP contribution in [0, 0.1) is 5.92 Å². The average molecular weight is 331 g/mol. The van der Waals surface area contributed by atoms with Crippen molar-refractivity contribution < 1.29 is 19.8 Å².